The maximum Gasteiger partial charge on any atom is 0.222 e. The second kappa shape index (κ2) is 6.71. The molecular weight excluding hydrogens is 290 g/mol. The number of nitrogens with one attached hydrogen (secondary N) is 1. The van der Waals surface area contributed by atoms with E-state index in [2.05, 4.69) is 20.9 Å². The zero-order valence-electron chi connectivity index (χ0n) is 13.7. The Hall–Kier alpha value is -1.88. The van der Waals surface area contributed by atoms with Crippen LogP contribution in [0.3, 0.4) is 0 Å². The Morgan fingerprint density at radius 1 is 1.35 bits per heavy atom. The number of carbonyl (C=O) groups is 1. The van der Waals surface area contributed by atoms with E-state index < -0.39 is 5.60 Å². The fraction of sp³-hybridized carbons (Fsp3) is 0.556. The minimum atomic E-state index is -0.762. The number of hydrogen-bond donors (Lipinski definition) is 2. The molecular formula is C18H25N3O2. The van der Waals surface area contributed by atoms with E-state index in [1.807, 2.05) is 25.2 Å². The van der Waals surface area contributed by atoms with Crippen LogP contribution in [0.4, 0.5) is 0 Å². The summed E-state index contributed by atoms with van der Waals surface area (Å²) in [5, 5.41) is 13.2. The van der Waals surface area contributed by atoms with Gasteiger partial charge in [0.25, 0.3) is 0 Å². The van der Waals surface area contributed by atoms with Crippen molar-refractivity contribution in [2.45, 2.75) is 50.5 Å². The first-order valence-corrected chi connectivity index (χ1v) is 8.47. The van der Waals surface area contributed by atoms with Crippen LogP contribution in [-0.4, -0.2) is 32.7 Å². The van der Waals surface area contributed by atoms with E-state index >= 15 is 0 Å². The van der Waals surface area contributed by atoms with Crippen LogP contribution in [0.2, 0.25) is 0 Å². The van der Waals surface area contributed by atoms with Gasteiger partial charge in [0.1, 0.15) is 5.82 Å². The van der Waals surface area contributed by atoms with Gasteiger partial charge >= 0.3 is 0 Å². The molecule has 2 N–H and O–H groups in total. The van der Waals surface area contributed by atoms with E-state index in [0.717, 1.165) is 55.4 Å². The minimum absolute atomic E-state index is 0.0422. The zero-order valence-corrected chi connectivity index (χ0v) is 13.7. The second-order valence-electron chi connectivity index (χ2n) is 6.64. The van der Waals surface area contributed by atoms with Crippen LogP contribution in [-0.2, 0) is 18.3 Å². The first-order valence-electron chi connectivity index (χ1n) is 8.47. The molecule has 1 saturated carbocycles. The number of benzene rings is 1. The van der Waals surface area contributed by atoms with Crippen molar-refractivity contribution in [1.82, 2.24) is 14.9 Å². The van der Waals surface area contributed by atoms with Crippen molar-refractivity contribution in [3.05, 3.63) is 30.1 Å². The molecule has 23 heavy (non-hydrogen) atoms. The molecule has 5 heteroatoms. The van der Waals surface area contributed by atoms with E-state index in [-0.39, 0.29) is 12.3 Å². The highest BCUT2D eigenvalue weighted by atomic mass is 16.3. The van der Waals surface area contributed by atoms with Gasteiger partial charge < -0.3 is 15.0 Å². The van der Waals surface area contributed by atoms with Crippen molar-refractivity contribution in [2.75, 3.05) is 6.54 Å². The van der Waals surface area contributed by atoms with Crippen LogP contribution in [0.25, 0.3) is 11.0 Å². The lowest BCUT2D eigenvalue weighted by atomic mass is 9.98. The quantitative estimate of drug-likeness (QED) is 0.804. The lowest BCUT2D eigenvalue weighted by Gasteiger charge is -2.21. The standard InChI is InChI=1S/C18H25N3O2/c1-21-15-8-3-2-7-14(15)20-16(21)9-6-12-19-17(22)13-18(23)10-4-5-11-18/h2-3,7-8,23H,4-6,9-13H2,1H3,(H,19,22). The minimum Gasteiger partial charge on any atom is -0.389 e. The van der Waals surface area contributed by atoms with E-state index in [0.29, 0.717) is 6.54 Å². The van der Waals surface area contributed by atoms with Gasteiger partial charge in [-0.15, -0.1) is 0 Å². The molecule has 1 aliphatic carbocycles. The SMILES string of the molecule is Cn1c(CCCNC(=O)CC2(O)CCCC2)nc2ccccc21. The number of carbonyl (C=O) groups excluding carboxylic acids is 1. The van der Waals surface area contributed by atoms with Gasteiger partial charge in [-0.1, -0.05) is 25.0 Å². The van der Waals surface area contributed by atoms with Crippen LogP contribution in [0, 0.1) is 0 Å². The molecule has 3 rings (SSSR count). The van der Waals surface area contributed by atoms with E-state index in [1.165, 1.54) is 0 Å². The van der Waals surface area contributed by atoms with Crippen molar-refractivity contribution in [3.8, 4) is 0 Å². The number of para-hydroxylation sites is 2. The molecule has 1 aliphatic rings. The van der Waals surface area contributed by atoms with Gasteiger partial charge in [-0.3, -0.25) is 4.79 Å². The zero-order chi connectivity index (χ0) is 16.3. The third-order valence-corrected chi connectivity index (χ3v) is 4.80. The predicted molar refractivity (Wildman–Crippen MR) is 90.1 cm³/mol. The predicted octanol–water partition coefficient (Wildman–Crippen LogP) is 2.32. The average molecular weight is 315 g/mol. The number of fused-ring (bicyclic) bond motifs is 1. The van der Waals surface area contributed by atoms with Gasteiger partial charge in [0.15, 0.2) is 0 Å². The first-order chi connectivity index (χ1) is 11.1. The number of aromatic nitrogens is 2. The molecule has 1 amide bonds. The maximum absolute atomic E-state index is 11.9. The van der Waals surface area contributed by atoms with Gasteiger partial charge in [-0.05, 0) is 31.4 Å². The Kier molecular flexibility index (Phi) is 4.66. The molecule has 5 nitrogen and oxygen atoms in total. The lowest BCUT2D eigenvalue weighted by molar-refractivity contribution is -0.125. The van der Waals surface area contributed by atoms with E-state index in [4.69, 9.17) is 0 Å². The summed E-state index contributed by atoms with van der Waals surface area (Å²) < 4.78 is 2.11. The summed E-state index contributed by atoms with van der Waals surface area (Å²) in [6.45, 7) is 0.623. The number of imidazole rings is 1. The monoisotopic (exact) mass is 315 g/mol. The van der Waals surface area contributed by atoms with Gasteiger partial charge in [-0.2, -0.15) is 0 Å². The Morgan fingerprint density at radius 3 is 2.83 bits per heavy atom. The number of aliphatic hydroxyl groups is 1. The number of aryl methyl sites for hydroxylation is 2. The molecule has 124 valence electrons. The number of rotatable bonds is 6. The van der Waals surface area contributed by atoms with E-state index in [9.17, 15) is 9.90 Å². The summed E-state index contributed by atoms with van der Waals surface area (Å²) in [7, 11) is 2.03. The number of amides is 1. The molecule has 1 fully saturated rings. The highest BCUT2D eigenvalue weighted by Crippen LogP contribution is 2.32. The van der Waals surface area contributed by atoms with Crippen molar-refractivity contribution >= 4 is 16.9 Å². The van der Waals surface area contributed by atoms with Crippen molar-refractivity contribution in [3.63, 3.8) is 0 Å². The maximum atomic E-state index is 11.9. The third kappa shape index (κ3) is 3.72. The summed E-state index contributed by atoms with van der Waals surface area (Å²) in [4.78, 5) is 16.6. The molecule has 2 aromatic rings. The topological polar surface area (TPSA) is 67.2 Å². The van der Waals surface area contributed by atoms with Crippen LogP contribution >= 0.6 is 0 Å². The normalized spacial score (nSPS) is 16.8. The highest BCUT2D eigenvalue weighted by molar-refractivity contribution is 5.77. The Balaban J connectivity index is 1.45. The van der Waals surface area contributed by atoms with E-state index in [1.54, 1.807) is 0 Å². The number of hydrogen-bond acceptors (Lipinski definition) is 3. The van der Waals surface area contributed by atoms with Gasteiger partial charge in [0.2, 0.25) is 5.91 Å². The molecule has 0 saturated heterocycles. The van der Waals surface area contributed by atoms with Crippen molar-refractivity contribution in [1.29, 1.82) is 0 Å². The molecule has 0 spiro atoms. The highest BCUT2D eigenvalue weighted by Gasteiger charge is 2.33. The molecule has 1 aromatic carbocycles. The molecule has 0 aliphatic heterocycles. The molecule has 0 atom stereocenters. The van der Waals surface area contributed by atoms with Gasteiger partial charge in [-0.25, -0.2) is 4.98 Å². The smallest absolute Gasteiger partial charge is 0.222 e. The average Bonchev–Trinajstić information content (AvgIpc) is 3.09. The summed E-state index contributed by atoms with van der Waals surface area (Å²) in [5.41, 5.74) is 1.38. The summed E-state index contributed by atoms with van der Waals surface area (Å²) >= 11 is 0. The molecule has 1 aromatic heterocycles. The fourth-order valence-corrected chi connectivity index (χ4v) is 3.46. The molecule has 0 bridgehead atoms. The second-order valence-corrected chi connectivity index (χ2v) is 6.64. The Morgan fingerprint density at radius 2 is 2.09 bits per heavy atom. The summed E-state index contributed by atoms with van der Waals surface area (Å²) in [6, 6.07) is 8.09. The summed E-state index contributed by atoms with van der Waals surface area (Å²) in [6.07, 6.45) is 5.46. The molecule has 0 unspecified atom stereocenters. The largest absolute Gasteiger partial charge is 0.389 e. The Labute approximate surface area is 136 Å². The third-order valence-electron chi connectivity index (χ3n) is 4.80. The summed E-state index contributed by atoms with van der Waals surface area (Å²) in [5.74, 6) is 0.995. The van der Waals surface area contributed by atoms with Crippen molar-refractivity contribution in [2.24, 2.45) is 7.05 Å². The van der Waals surface area contributed by atoms with Crippen LogP contribution < -0.4 is 5.32 Å². The Bertz CT molecular complexity index is 687. The lowest BCUT2D eigenvalue weighted by Crippen LogP contribution is -2.35. The van der Waals surface area contributed by atoms with Crippen LogP contribution in [0.5, 0.6) is 0 Å². The van der Waals surface area contributed by atoms with Crippen LogP contribution in [0.15, 0.2) is 24.3 Å². The molecule has 1 heterocycles. The number of nitrogens with zero attached hydrogens (tertiary/aromatic N) is 2. The molecule has 0 radical (unpaired) electrons. The van der Waals surface area contributed by atoms with Gasteiger partial charge in [0.05, 0.1) is 23.1 Å². The van der Waals surface area contributed by atoms with Gasteiger partial charge in [0, 0.05) is 20.0 Å². The first kappa shape index (κ1) is 16.0. The van der Waals surface area contributed by atoms with Crippen LogP contribution in [0.1, 0.15) is 44.3 Å². The fourth-order valence-electron chi connectivity index (χ4n) is 3.46. The van der Waals surface area contributed by atoms with Crippen molar-refractivity contribution < 1.29 is 9.90 Å².